The van der Waals surface area contributed by atoms with Crippen molar-refractivity contribution in [3.8, 4) is 0 Å². The summed E-state index contributed by atoms with van der Waals surface area (Å²) in [5, 5.41) is 0. The van der Waals surface area contributed by atoms with E-state index >= 15 is 0 Å². The van der Waals surface area contributed by atoms with Crippen LogP contribution >= 0.6 is 15.9 Å². The molecule has 104 valence electrons. The van der Waals surface area contributed by atoms with Crippen LogP contribution in [-0.4, -0.2) is 42.5 Å². The summed E-state index contributed by atoms with van der Waals surface area (Å²) in [5.41, 5.74) is 8.21. The number of piperazine rings is 1. The van der Waals surface area contributed by atoms with Crippen LogP contribution in [0.2, 0.25) is 0 Å². The zero-order valence-corrected chi connectivity index (χ0v) is 12.9. The van der Waals surface area contributed by atoms with Crippen LogP contribution in [0.3, 0.4) is 0 Å². The summed E-state index contributed by atoms with van der Waals surface area (Å²) in [5.74, 6) is 1.01. The van der Waals surface area contributed by atoms with Crippen molar-refractivity contribution in [3.05, 3.63) is 28.2 Å². The Morgan fingerprint density at radius 2 is 1.79 bits per heavy atom. The molecule has 0 bridgehead atoms. The van der Waals surface area contributed by atoms with E-state index in [4.69, 9.17) is 5.73 Å². The minimum atomic E-state index is 0.898. The normalized spacial score (nSPS) is 21.7. The van der Waals surface area contributed by atoms with E-state index in [1.165, 1.54) is 38.0 Å². The third-order valence-corrected chi connectivity index (χ3v) is 4.96. The molecule has 1 aromatic rings. The molecule has 3 nitrogen and oxygen atoms in total. The zero-order chi connectivity index (χ0) is 13.2. The molecule has 0 radical (unpaired) electrons. The predicted molar refractivity (Wildman–Crippen MR) is 83.0 cm³/mol. The van der Waals surface area contributed by atoms with E-state index in [1.54, 1.807) is 0 Å². The van der Waals surface area contributed by atoms with Crippen molar-refractivity contribution in [1.82, 2.24) is 9.80 Å². The molecule has 1 aliphatic carbocycles. The fourth-order valence-electron chi connectivity index (χ4n) is 2.76. The maximum atomic E-state index is 6.07. The fourth-order valence-corrected chi connectivity index (χ4v) is 3.27. The first-order chi connectivity index (χ1) is 9.22. The van der Waals surface area contributed by atoms with E-state index in [0.717, 1.165) is 35.7 Å². The van der Waals surface area contributed by atoms with Gasteiger partial charge in [0.2, 0.25) is 0 Å². The topological polar surface area (TPSA) is 32.5 Å². The summed E-state index contributed by atoms with van der Waals surface area (Å²) in [6.07, 6.45) is 2.90. The number of rotatable bonds is 4. The van der Waals surface area contributed by atoms with E-state index in [2.05, 4.69) is 31.8 Å². The van der Waals surface area contributed by atoms with E-state index < -0.39 is 0 Å². The maximum Gasteiger partial charge on any atom is 0.0371 e. The molecule has 2 fully saturated rings. The molecule has 3 rings (SSSR count). The van der Waals surface area contributed by atoms with Crippen molar-refractivity contribution >= 4 is 21.6 Å². The highest BCUT2D eigenvalue weighted by Gasteiger charge is 2.26. The first-order valence-electron chi connectivity index (χ1n) is 7.20. The number of nitrogens with two attached hydrogens (primary N) is 1. The van der Waals surface area contributed by atoms with Gasteiger partial charge in [-0.1, -0.05) is 22.0 Å². The van der Waals surface area contributed by atoms with Crippen LogP contribution in [0, 0.1) is 5.92 Å². The summed E-state index contributed by atoms with van der Waals surface area (Å²) in [6, 6.07) is 6.06. The molecular weight excluding hydrogens is 302 g/mol. The van der Waals surface area contributed by atoms with Crippen LogP contribution in [0.5, 0.6) is 0 Å². The van der Waals surface area contributed by atoms with E-state index in [-0.39, 0.29) is 0 Å². The lowest BCUT2D eigenvalue weighted by atomic mass is 10.1. The lowest BCUT2D eigenvalue weighted by Gasteiger charge is -2.35. The number of hydrogen-bond acceptors (Lipinski definition) is 3. The van der Waals surface area contributed by atoms with Crippen molar-refractivity contribution in [3.63, 3.8) is 0 Å². The van der Waals surface area contributed by atoms with Gasteiger partial charge in [-0.2, -0.15) is 0 Å². The highest BCUT2D eigenvalue weighted by molar-refractivity contribution is 9.10. The van der Waals surface area contributed by atoms with Crippen molar-refractivity contribution in [2.45, 2.75) is 19.4 Å². The second-order valence-electron chi connectivity index (χ2n) is 5.83. The van der Waals surface area contributed by atoms with Crippen LogP contribution in [-0.2, 0) is 6.54 Å². The maximum absolute atomic E-state index is 6.07. The Balaban J connectivity index is 1.53. The van der Waals surface area contributed by atoms with Crippen LogP contribution < -0.4 is 5.73 Å². The van der Waals surface area contributed by atoms with Gasteiger partial charge in [0, 0.05) is 55.0 Å². The number of nitrogen functional groups attached to an aromatic ring is 1. The Labute approximate surface area is 123 Å². The minimum Gasteiger partial charge on any atom is -0.398 e. The molecule has 2 N–H and O–H groups in total. The van der Waals surface area contributed by atoms with E-state index in [0.29, 0.717) is 0 Å². The largest absolute Gasteiger partial charge is 0.398 e. The second kappa shape index (κ2) is 5.81. The zero-order valence-electron chi connectivity index (χ0n) is 11.3. The number of nitrogens with zero attached hydrogens (tertiary/aromatic N) is 2. The smallest absolute Gasteiger partial charge is 0.0371 e. The summed E-state index contributed by atoms with van der Waals surface area (Å²) < 4.78 is 1.13. The summed E-state index contributed by atoms with van der Waals surface area (Å²) in [6.45, 7) is 7.03. The van der Waals surface area contributed by atoms with Gasteiger partial charge >= 0.3 is 0 Å². The van der Waals surface area contributed by atoms with E-state index in [9.17, 15) is 0 Å². The summed E-state index contributed by atoms with van der Waals surface area (Å²) in [7, 11) is 0. The van der Waals surface area contributed by atoms with Crippen LogP contribution in [0.25, 0.3) is 0 Å². The third kappa shape index (κ3) is 3.50. The second-order valence-corrected chi connectivity index (χ2v) is 6.68. The lowest BCUT2D eigenvalue weighted by Crippen LogP contribution is -2.46. The number of halogens is 1. The van der Waals surface area contributed by atoms with Gasteiger partial charge in [0.05, 0.1) is 0 Å². The molecule has 0 aromatic heterocycles. The standard InChI is InChI=1S/C15H22BrN3/c16-14-2-1-3-15(17)13(14)11-19-8-6-18(7-9-19)10-12-4-5-12/h1-3,12H,4-11,17H2. The highest BCUT2D eigenvalue weighted by Crippen LogP contribution is 2.30. The number of benzene rings is 1. The number of anilines is 1. The van der Waals surface area contributed by atoms with Gasteiger partial charge in [-0.3, -0.25) is 4.90 Å². The van der Waals surface area contributed by atoms with Gasteiger partial charge in [0.1, 0.15) is 0 Å². The van der Waals surface area contributed by atoms with Crippen molar-refractivity contribution in [2.24, 2.45) is 5.92 Å². The molecule has 0 unspecified atom stereocenters. The molecule has 1 heterocycles. The Kier molecular flexibility index (Phi) is 4.10. The van der Waals surface area contributed by atoms with Gasteiger partial charge in [0.25, 0.3) is 0 Å². The SMILES string of the molecule is Nc1cccc(Br)c1CN1CCN(CC2CC2)CC1. The van der Waals surface area contributed by atoms with Gasteiger partial charge in [-0.25, -0.2) is 0 Å². The molecule has 0 spiro atoms. The molecule has 2 aliphatic rings. The van der Waals surface area contributed by atoms with Gasteiger partial charge in [-0.15, -0.1) is 0 Å². The molecular formula is C15H22BrN3. The van der Waals surface area contributed by atoms with Crippen molar-refractivity contribution in [2.75, 3.05) is 38.5 Å². The molecule has 0 atom stereocenters. The first-order valence-corrected chi connectivity index (χ1v) is 7.99. The van der Waals surface area contributed by atoms with Gasteiger partial charge in [0.15, 0.2) is 0 Å². The highest BCUT2D eigenvalue weighted by atomic mass is 79.9. The van der Waals surface area contributed by atoms with Crippen LogP contribution in [0.15, 0.2) is 22.7 Å². The van der Waals surface area contributed by atoms with Crippen LogP contribution in [0.1, 0.15) is 18.4 Å². The lowest BCUT2D eigenvalue weighted by molar-refractivity contribution is 0.123. The molecule has 1 aliphatic heterocycles. The predicted octanol–water partition coefficient (Wildman–Crippen LogP) is 2.56. The van der Waals surface area contributed by atoms with Crippen molar-refractivity contribution < 1.29 is 0 Å². The Morgan fingerprint density at radius 3 is 2.42 bits per heavy atom. The monoisotopic (exact) mass is 323 g/mol. The molecule has 1 saturated carbocycles. The summed E-state index contributed by atoms with van der Waals surface area (Å²) in [4.78, 5) is 5.14. The average Bonchev–Trinajstić information content (AvgIpc) is 3.20. The fraction of sp³-hybridized carbons (Fsp3) is 0.600. The van der Waals surface area contributed by atoms with Crippen LogP contribution in [0.4, 0.5) is 5.69 Å². The number of hydrogen-bond donors (Lipinski definition) is 1. The Hall–Kier alpha value is -0.580. The third-order valence-electron chi connectivity index (χ3n) is 4.22. The Morgan fingerprint density at radius 1 is 1.11 bits per heavy atom. The minimum absolute atomic E-state index is 0.898. The Bertz CT molecular complexity index is 417. The molecule has 1 saturated heterocycles. The van der Waals surface area contributed by atoms with Gasteiger partial charge in [-0.05, 0) is 30.9 Å². The van der Waals surface area contributed by atoms with E-state index in [1.807, 2.05) is 12.1 Å². The molecule has 1 aromatic carbocycles. The van der Waals surface area contributed by atoms with Crippen molar-refractivity contribution in [1.29, 1.82) is 0 Å². The van der Waals surface area contributed by atoms with Gasteiger partial charge < -0.3 is 10.6 Å². The molecule has 0 amide bonds. The quantitative estimate of drug-likeness (QED) is 0.864. The molecule has 19 heavy (non-hydrogen) atoms. The summed E-state index contributed by atoms with van der Waals surface area (Å²) >= 11 is 3.61. The average molecular weight is 324 g/mol. The first kappa shape index (κ1) is 13.4. The molecule has 4 heteroatoms.